The Labute approximate surface area is 110 Å². The van der Waals surface area contributed by atoms with Gasteiger partial charge in [-0.3, -0.25) is 4.79 Å². The lowest BCUT2D eigenvalue weighted by atomic mass is 9.74. The van der Waals surface area contributed by atoms with Crippen molar-refractivity contribution in [1.82, 2.24) is 0 Å². The van der Waals surface area contributed by atoms with Crippen molar-refractivity contribution >= 4 is 5.97 Å². The molecule has 0 aromatic carbocycles. The maximum Gasteiger partial charge on any atom is 0.326 e. The topological polar surface area (TPSA) is 52.3 Å². The molecule has 0 heterocycles. The van der Waals surface area contributed by atoms with Gasteiger partial charge in [0, 0.05) is 0 Å². The minimum atomic E-state index is -0.715. The molecule has 0 amide bonds. The zero-order chi connectivity index (χ0) is 13.0. The third-order valence-corrected chi connectivity index (χ3v) is 4.91. The second-order valence-electron chi connectivity index (χ2n) is 6.29. The maximum absolute atomic E-state index is 12.2. The van der Waals surface area contributed by atoms with Gasteiger partial charge in [-0.2, -0.15) is 0 Å². The average Bonchev–Trinajstić information content (AvgIpc) is 2.40. The van der Waals surface area contributed by atoms with E-state index in [4.69, 9.17) is 10.5 Å². The Balaban J connectivity index is 1.82. The van der Waals surface area contributed by atoms with E-state index in [0.29, 0.717) is 12.5 Å². The van der Waals surface area contributed by atoms with Crippen LogP contribution in [0.4, 0.5) is 0 Å². The fourth-order valence-electron chi connectivity index (χ4n) is 3.36. The molecule has 3 heteroatoms. The molecule has 0 saturated heterocycles. The molecular formula is C15H27NO2. The summed E-state index contributed by atoms with van der Waals surface area (Å²) in [6.07, 6.45) is 10.4. The predicted molar refractivity (Wildman–Crippen MR) is 72.1 cm³/mol. The summed E-state index contributed by atoms with van der Waals surface area (Å²) in [6, 6.07) is 0. The second kappa shape index (κ2) is 6.05. The first-order valence-corrected chi connectivity index (χ1v) is 7.59. The van der Waals surface area contributed by atoms with Crippen molar-refractivity contribution in [2.24, 2.45) is 17.6 Å². The SMILES string of the molecule is CC1CCCCC1(N)C(=O)OCC1CCCCC1. The standard InChI is InChI=1S/C15H27NO2/c1-12-7-5-6-10-15(12,16)14(17)18-11-13-8-3-2-4-9-13/h12-13H,2-11,16H2,1H3. The van der Waals surface area contributed by atoms with Crippen LogP contribution < -0.4 is 5.73 Å². The quantitative estimate of drug-likeness (QED) is 0.787. The average molecular weight is 253 g/mol. The van der Waals surface area contributed by atoms with Crippen molar-refractivity contribution in [2.75, 3.05) is 6.61 Å². The zero-order valence-electron chi connectivity index (χ0n) is 11.6. The van der Waals surface area contributed by atoms with Crippen LogP contribution in [0, 0.1) is 11.8 Å². The highest BCUT2D eigenvalue weighted by molar-refractivity contribution is 5.81. The Morgan fingerprint density at radius 1 is 1.17 bits per heavy atom. The van der Waals surface area contributed by atoms with Crippen molar-refractivity contribution in [2.45, 2.75) is 70.3 Å². The first-order chi connectivity index (χ1) is 8.63. The molecule has 2 saturated carbocycles. The summed E-state index contributed by atoms with van der Waals surface area (Å²) >= 11 is 0. The summed E-state index contributed by atoms with van der Waals surface area (Å²) in [4.78, 5) is 12.2. The molecule has 0 bridgehead atoms. The lowest BCUT2D eigenvalue weighted by molar-refractivity contribution is -0.155. The monoisotopic (exact) mass is 253 g/mol. The zero-order valence-corrected chi connectivity index (χ0v) is 11.6. The van der Waals surface area contributed by atoms with Gasteiger partial charge in [0.05, 0.1) is 6.61 Å². The van der Waals surface area contributed by atoms with Gasteiger partial charge in [0.2, 0.25) is 0 Å². The van der Waals surface area contributed by atoms with E-state index in [1.165, 1.54) is 38.5 Å². The van der Waals surface area contributed by atoms with Crippen LogP contribution in [0.3, 0.4) is 0 Å². The molecule has 0 aromatic heterocycles. The number of nitrogens with two attached hydrogens (primary N) is 1. The summed E-state index contributed by atoms with van der Waals surface area (Å²) < 4.78 is 5.53. The minimum absolute atomic E-state index is 0.153. The number of carbonyl (C=O) groups is 1. The normalized spacial score (nSPS) is 34.2. The molecule has 2 aliphatic carbocycles. The molecule has 104 valence electrons. The van der Waals surface area contributed by atoms with Crippen LogP contribution in [0.2, 0.25) is 0 Å². The highest BCUT2D eigenvalue weighted by Crippen LogP contribution is 2.33. The Kier molecular flexibility index (Phi) is 4.66. The van der Waals surface area contributed by atoms with E-state index in [0.717, 1.165) is 19.3 Å². The lowest BCUT2D eigenvalue weighted by Crippen LogP contribution is -2.55. The van der Waals surface area contributed by atoms with Crippen LogP contribution in [0.1, 0.15) is 64.7 Å². The summed E-state index contributed by atoms with van der Waals surface area (Å²) in [6.45, 7) is 2.67. The molecule has 2 atom stereocenters. The smallest absolute Gasteiger partial charge is 0.326 e. The van der Waals surface area contributed by atoms with Crippen molar-refractivity contribution in [3.8, 4) is 0 Å². The van der Waals surface area contributed by atoms with E-state index >= 15 is 0 Å². The highest BCUT2D eigenvalue weighted by Gasteiger charge is 2.42. The van der Waals surface area contributed by atoms with Gasteiger partial charge in [-0.1, -0.05) is 39.0 Å². The second-order valence-corrected chi connectivity index (χ2v) is 6.29. The van der Waals surface area contributed by atoms with Gasteiger partial charge >= 0.3 is 5.97 Å². The highest BCUT2D eigenvalue weighted by atomic mass is 16.5. The molecule has 2 aliphatic rings. The molecule has 2 unspecified atom stereocenters. The molecule has 0 aromatic rings. The van der Waals surface area contributed by atoms with Crippen molar-refractivity contribution < 1.29 is 9.53 Å². The van der Waals surface area contributed by atoms with Gasteiger partial charge in [0.15, 0.2) is 0 Å². The molecule has 18 heavy (non-hydrogen) atoms. The number of ether oxygens (including phenoxy) is 1. The molecule has 0 aliphatic heterocycles. The number of carbonyl (C=O) groups excluding carboxylic acids is 1. The van der Waals surface area contributed by atoms with Crippen LogP contribution in [-0.2, 0) is 9.53 Å². The van der Waals surface area contributed by atoms with Crippen LogP contribution >= 0.6 is 0 Å². The van der Waals surface area contributed by atoms with Crippen molar-refractivity contribution in [3.63, 3.8) is 0 Å². The number of esters is 1. The first-order valence-electron chi connectivity index (χ1n) is 7.59. The van der Waals surface area contributed by atoms with E-state index in [9.17, 15) is 4.79 Å². The number of hydrogen-bond acceptors (Lipinski definition) is 3. The van der Waals surface area contributed by atoms with Crippen molar-refractivity contribution in [1.29, 1.82) is 0 Å². The van der Waals surface area contributed by atoms with E-state index in [-0.39, 0.29) is 11.9 Å². The summed E-state index contributed by atoms with van der Waals surface area (Å²) in [5, 5.41) is 0. The number of rotatable bonds is 3. The lowest BCUT2D eigenvalue weighted by Gasteiger charge is -2.37. The third-order valence-electron chi connectivity index (χ3n) is 4.91. The molecular weight excluding hydrogens is 226 g/mol. The van der Waals surface area contributed by atoms with E-state index in [1.807, 2.05) is 0 Å². The van der Waals surface area contributed by atoms with Crippen LogP contribution in [-0.4, -0.2) is 18.1 Å². The molecule has 0 radical (unpaired) electrons. The first kappa shape index (κ1) is 13.9. The fraction of sp³-hybridized carbons (Fsp3) is 0.933. The van der Waals surface area contributed by atoms with Gasteiger partial charge in [-0.05, 0) is 37.5 Å². The van der Waals surface area contributed by atoms with Crippen LogP contribution in [0.15, 0.2) is 0 Å². The third kappa shape index (κ3) is 3.05. The summed E-state index contributed by atoms with van der Waals surface area (Å²) in [7, 11) is 0. The van der Waals surface area contributed by atoms with Crippen LogP contribution in [0.25, 0.3) is 0 Å². The fourth-order valence-corrected chi connectivity index (χ4v) is 3.36. The minimum Gasteiger partial charge on any atom is -0.464 e. The van der Waals surface area contributed by atoms with Gasteiger partial charge in [0.25, 0.3) is 0 Å². The number of hydrogen-bond donors (Lipinski definition) is 1. The summed E-state index contributed by atoms with van der Waals surface area (Å²) in [5.41, 5.74) is 5.57. The largest absolute Gasteiger partial charge is 0.464 e. The maximum atomic E-state index is 12.2. The Hall–Kier alpha value is -0.570. The molecule has 0 spiro atoms. The van der Waals surface area contributed by atoms with E-state index < -0.39 is 5.54 Å². The summed E-state index contributed by atoms with van der Waals surface area (Å²) in [5.74, 6) is 0.676. The van der Waals surface area contributed by atoms with E-state index in [2.05, 4.69) is 6.92 Å². The van der Waals surface area contributed by atoms with Gasteiger partial charge < -0.3 is 10.5 Å². The molecule has 2 rings (SSSR count). The Morgan fingerprint density at radius 3 is 2.50 bits per heavy atom. The Bertz CT molecular complexity index is 286. The van der Waals surface area contributed by atoms with E-state index in [1.54, 1.807) is 0 Å². The molecule has 2 N–H and O–H groups in total. The Morgan fingerprint density at radius 2 is 1.83 bits per heavy atom. The predicted octanol–water partition coefficient (Wildman–Crippen LogP) is 3.02. The van der Waals surface area contributed by atoms with Gasteiger partial charge in [-0.15, -0.1) is 0 Å². The molecule has 3 nitrogen and oxygen atoms in total. The van der Waals surface area contributed by atoms with Crippen molar-refractivity contribution in [3.05, 3.63) is 0 Å². The van der Waals surface area contributed by atoms with Crippen LogP contribution in [0.5, 0.6) is 0 Å². The van der Waals surface area contributed by atoms with Gasteiger partial charge in [0.1, 0.15) is 5.54 Å². The molecule has 2 fully saturated rings. The van der Waals surface area contributed by atoms with Gasteiger partial charge in [-0.25, -0.2) is 0 Å².